The number of alkyl halides is 2. The topological polar surface area (TPSA) is 88.7 Å². The Kier molecular flexibility index (Phi) is 3.48. The standard InChI is InChI=1S/C12H12F2N2O4S/c1-3-21(19,20)10-9(11(17)18)15-8-5-4-7(6-16(8)10)12(2,13)14/h4-6H,3H2,1-2H3,(H,17,18). The van der Waals surface area contributed by atoms with Gasteiger partial charge in [0.2, 0.25) is 0 Å². The highest BCUT2D eigenvalue weighted by molar-refractivity contribution is 7.91. The summed E-state index contributed by atoms with van der Waals surface area (Å²) in [5.41, 5.74) is -1.13. The summed E-state index contributed by atoms with van der Waals surface area (Å²) < 4.78 is 51.7. The molecule has 0 saturated heterocycles. The van der Waals surface area contributed by atoms with E-state index >= 15 is 0 Å². The van der Waals surface area contributed by atoms with Gasteiger partial charge in [0.25, 0.3) is 5.92 Å². The van der Waals surface area contributed by atoms with Crippen LogP contribution >= 0.6 is 0 Å². The third-order valence-corrected chi connectivity index (χ3v) is 4.70. The van der Waals surface area contributed by atoms with Crippen LogP contribution in [0.4, 0.5) is 8.78 Å². The lowest BCUT2D eigenvalue weighted by atomic mass is 10.2. The summed E-state index contributed by atoms with van der Waals surface area (Å²) >= 11 is 0. The zero-order chi connectivity index (χ0) is 16.0. The van der Waals surface area contributed by atoms with Crippen LogP contribution in [0.25, 0.3) is 5.65 Å². The number of halogens is 2. The van der Waals surface area contributed by atoms with Crippen LogP contribution in [0.2, 0.25) is 0 Å². The number of carboxylic acids is 1. The molecule has 0 atom stereocenters. The SMILES string of the molecule is CCS(=O)(=O)c1c(C(=O)O)nc2ccc(C(C)(F)F)cn12. The Bertz CT molecular complexity index is 822. The molecular weight excluding hydrogens is 306 g/mol. The van der Waals surface area contributed by atoms with Crippen LogP contribution in [-0.2, 0) is 15.8 Å². The zero-order valence-corrected chi connectivity index (χ0v) is 12.0. The van der Waals surface area contributed by atoms with E-state index in [4.69, 9.17) is 5.11 Å². The zero-order valence-electron chi connectivity index (χ0n) is 11.2. The van der Waals surface area contributed by atoms with Crippen LogP contribution in [0.3, 0.4) is 0 Å². The quantitative estimate of drug-likeness (QED) is 0.930. The van der Waals surface area contributed by atoms with Crippen molar-refractivity contribution in [1.29, 1.82) is 0 Å². The number of fused-ring (bicyclic) bond motifs is 1. The second-order valence-corrected chi connectivity index (χ2v) is 6.70. The van der Waals surface area contributed by atoms with Gasteiger partial charge in [0, 0.05) is 18.7 Å². The maximum absolute atomic E-state index is 13.4. The van der Waals surface area contributed by atoms with Gasteiger partial charge in [-0.1, -0.05) is 6.92 Å². The smallest absolute Gasteiger partial charge is 0.357 e. The van der Waals surface area contributed by atoms with E-state index in [1.165, 1.54) is 6.92 Å². The largest absolute Gasteiger partial charge is 0.476 e. The van der Waals surface area contributed by atoms with Crippen LogP contribution < -0.4 is 0 Å². The van der Waals surface area contributed by atoms with Gasteiger partial charge in [0.1, 0.15) is 5.65 Å². The fourth-order valence-electron chi connectivity index (χ4n) is 1.86. The number of pyridine rings is 1. The minimum atomic E-state index is -3.94. The monoisotopic (exact) mass is 318 g/mol. The van der Waals surface area contributed by atoms with E-state index in [1.807, 2.05) is 0 Å². The van der Waals surface area contributed by atoms with Crippen LogP contribution in [0, 0.1) is 0 Å². The molecule has 0 unspecified atom stereocenters. The van der Waals surface area contributed by atoms with Crippen molar-refractivity contribution in [3.05, 3.63) is 29.6 Å². The van der Waals surface area contributed by atoms with E-state index < -0.39 is 38.0 Å². The Morgan fingerprint density at radius 2 is 2.05 bits per heavy atom. The van der Waals surface area contributed by atoms with Gasteiger partial charge in [-0.15, -0.1) is 0 Å². The Morgan fingerprint density at radius 3 is 2.52 bits per heavy atom. The number of sulfone groups is 1. The molecular formula is C12H12F2N2O4S. The van der Waals surface area contributed by atoms with Crippen molar-refractivity contribution in [2.75, 3.05) is 5.75 Å². The van der Waals surface area contributed by atoms with Crippen molar-refractivity contribution in [3.63, 3.8) is 0 Å². The molecule has 0 aliphatic heterocycles. The summed E-state index contributed by atoms with van der Waals surface area (Å²) in [7, 11) is -3.94. The minimum absolute atomic E-state index is 0.0209. The predicted molar refractivity (Wildman–Crippen MR) is 69.4 cm³/mol. The third kappa shape index (κ3) is 2.60. The Hall–Kier alpha value is -2.03. The van der Waals surface area contributed by atoms with Crippen LogP contribution in [0.1, 0.15) is 29.9 Å². The summed E-state index contributed by atoms with van der Waals surface area (Å²) in [4.78, 5) is 14.8. The molecule has 0 amide bonds. The maximum atomic E-state index is 13.4. The highest BCUT2D eigenvalue weighted by atomic mass is 32.2. The number of carboxylic acid groups (broad SMARTS) is 1. The van der Waals surface area contributed by atoms with Gasteiger partial charge >= 0.3 is 5.97 Å². The predicted octanol–water partition coefficient (Wildman–Crippen LogP) is 1.94. The molecule has 2 aromatic heterocycles. The Labute approximate surface area is 119 Å². The molecule has 0 aliphatic carbocycles. The molecule has 2 aromatic rings. The first-order valence-corrected chi connectivity index (χ1v) is 7.59. The molecule has 2 heterocycles. The summed E-state index contributed by atoms with van der Waals surface area (Å²) in [5.74, 6) is -5.08. The van der Waals surface area contributed by atoms with E-state index in [9.17, 15) is 22.0 Å². The normalized spacial score (nSPS) is 12.8. The number of imidazole rings is 1. The summed E-state index contributed by atoms with van der Waals surface area (Å²) in [6.45, 7) is 2.00. The van der Waals surface area contributed by atoms with Crippen molar-refractivity contribution < 1.29 is 27.1 Å². The second kappa shape index (κ2) is 4.76. The molecule has 0 fully saturated rings. The summed E-state index contributed by atoms with van der Waals surface area (Å²) in [5, 5.41) is 8.48. The lowest BCUT2D eigenvalue weighted by Gasteiger charge is -2.11. The first kappa shape index (κ1) is 15.4. The first-order chi connectivity index (χ1) is 9.58. The number of hydrogen-bond acceptors (Lipinski definition) is 4. The van der Waals surface area contributed by atoms with Gasteiger partial charge in [-0.05, 0) is 12.1 Å². The minimum Gasteiger partial charge on any atom is -0.476 e. The van der Waals surface area contributed by atoms with Crippen molar-refractivity contribution in [3.8, 4) is 0 Å². The molecule has 9 heteroatoms. The lowest BCUT2D eigenvalue weighted by Crippen LogP contribution is -2.14. The number of aromatic carboxylic acids is 1. The second-order valence-electron chi connectivity index (χ2n) is 4.51. The molecule has 114 valence electrons. The summed E-state index contributed by atoms with van der Waals surface area (Å²) in [6, 6.07) is 2.24. The first-order valence-electron chi connectivity index (χ1n) is 5.94. The molecule has 0 aromatic carbocycles. The van der Waals surface area contributed by atoms with E-state index in [2.05, 4.69) is 4.98 Å². The molecule has 6 nitrogen and oxygen atoms in total. The van der Waals surface area contributed by atoms with E-state index in [0.29, 0.717) is 6.92 Å². The molecule has 0 radical (unpaired) electrons. The molecule has 2 rings (SSSR count). The fourth-order valence-corrected chi connectivity index (χ4v) is 3.00. The third-order valence-electron chi connectivity index (χ3n) is 2.96. The molecule has 0 spiro atoms. The average Bonchev–Trinajstić information content (AvgIpc) is 2.76. The molecule has 0 aliphatic rings. The average molecular weight is 318 g/mol. The van der Waals surface area contributed by atoms with Crippen LogP contribution in [-0.4, -0.2) is 34.6 Å². The van der Waals surface area contributed by atoms with Gasteiger partial charge in [-0.25, -0.2) is 27.0 Å². The number of carbonyl (C=O) groups is 1. The lowest BCUT2D eigenvalue weighted by molar-refractivity contribution is 0.0170. The van der Waals surface area contributed by atoms with E-state index in [1.54, 1.807) is 0 Å². The van der Waals surface area contributed by atoms with Crippen molar-refractivity contribution >= 4 is 21.5 Å². The van der Waals surface area contributed by atoms with Gasteiger partial charge in [0.05, 0.1) is 5.75 Å². The number of rotatable bonds is 4. The van der Waals surface area contributed by atoms with Gasteiger partial charge in [0.15, 0.2) is 20.6 Å². The number of aromatic nitrogens is 2. The van der Waals surface area contributed by atoms with Gasteiger partial charge in [-0.3, -0.25) is 4.40 Å². The highest BCUT2D eigenvalue weighted by Gasteiger charge is 2.30. The molecule has 0 saturated carbocycles. The van der Waals surface area contributed by atoms with Gasteiger partial charge in [-0.2, -0.15) is 0 Å². The fraction of sp³-hybridized carbons (Fsp3) is 0.333. The number of hydrogen-bond donors (Lipinski definition) is 1. The Morgan fingerprint density at radius 1 is 1.43 bits per heavy atom. The highest BCUT2D eigenvalue weighted by Crippen LogP contribution is 2.29. The molecule has 21 heavy (non-hydrogen) atoms. The van der Waals surface area contributed by atoms with Crippen LogP contribution in [0.5, 0.6) is 0 Å². The van der Waals surface area contributed by atoms with Crippen molar-refractivity contribution in [1.82, 2.24) is 9.38 Å². The van der Waals surface area contributed by atoms with Crippen molar-refractivity contribution in [2.45, 2.75) is 24.8 Å². The maximum Gasteiger partial charge on any atom is 0.357 e. The summed E-state index contributed by atoms with van der Waals surface area (Å²) in [6.07, 6.45) is 0.900. The van der Waals surface area contributed by atoms with Gasteiger partial charge < -0.3 is 5.11 Å². The Balaban J connectivity index is 2.90. The number of nitrogens with zero attached hydrogens (tertiary/aromatic N) is 2. The van der Waals surface area contributed by atoms with Crippen LogP contribution in [0.15, 0.2) is 23.4 Å². The van der Waals surface area contributed by atoms with E-state index in [0.717, 1.165) is 22.7 Å². The molecule has 1 N–H and O–H groups in total. The molecule has 0 bridgehead atoms. The van der Waals surface area contributed by atoms with E-state index in [-0.39, 0.29) is 11.4 Å². The van der Waals surface area contributed by atoms with Crippen molar-refractivity contribution in [2.24, 2.45) is 0 Å².